The Morgan fingerprint density at radius 3 is 3.11 bits per heavy atom. The maximum absolute atomic E-state index is 10.3. The van der Waals surface area contributed by atoms with Gasteiger partial charge in [0.15, 0.2) is 6.10 Å². The highest BCUT2D eigenvalue weighted by atomic mass is 16.8. The van der Waals surface area contributed by atoms with Gasteiger partial charge in [0, 0.05) is 6.54 Å². The van der Waals surface area contributed by atoms with E-state index in [1.165, 1.54) is 0 Å². The third kappa shape index (κ3) is 1.57. The first kappa shape index (κ1) is 6.35. The molecule has 0 aromatic rings. The minimum Gasteiger partial charge on any atom is -0.430 e. The first-order valence-electron chi connectivity index (χ1n) is 2.81. The first-order valence-corrected chi connectivity index (χ1v) is 2.81. The molecular formula is C5H9NO3. The molecule has 0 radical (unpaired) electrons. The lowest BCUT2D eigenvalue weighted by Crippen LogP contribution is -2.25. The number of cyclic esters (lactones) is 2. The quantitative estimate of drug-likeness (QED) is 0.524. The Hall–Kier alpha value is -0.770. The molecule has 1 aliphatic rings. The van der Waals surface area contributed by atoms with Gasteiger partial charge in [0.25, 0.3) is 0 Å². The largest absolute Gasteiger partial charge is 0.508 e. The Balaban J connectivity index is 2.22. The number of ether oxygens (including phenoxy) is 2. The molecule has 52 valence electrons. The van der Waals surface area contributed by atoms with Crippen molar-refractivity contribution in [1.82, 2.24) is 5.32 Å². The van der Waals surface area contributed by atoms with E-state index in [1.54, 1.807) is 7.05 Å². The number of hydrogen-bond acceptors (Lipinski definition) is 4. The molecule has 1 heterocycles. The third-order valence-electron chi connectivity index (χ3n) is 1.08. The number of hydrogen-bond donors (Lipinski definition) is 1. The van der Waals surface area contributed by atoms with Crippen LogP contribution in [-0.4, -0.2) is 32.5 Å². The van der Waals surface area contributed by atoms with E-state index in [9.17, 15) is 4.79 Å². The normalized spacial score (nSPS) is 25.4. The van der Waals surface area contributed by atoms with Gasteiger partial charge in [-0.1, -0.05) is 0 Å². The molecule has 0 saturated carbocycles. The van der Waals surface area contributed by atoms with Crippen molar-refractivity contribution in [2.45, 2.75) is 6.10 Å². The van der Waals surface area contributed by atoms with Crippen LogP contribution in [0.5, 0.6) is 0 Å². The second-order valence-corrected chi connectivity index (χ2v) is 1.86. The van der Waals surface area contributed by atoms with E-state index in [1.807, 2.05) is 0 Å². The lowest BCUT2D eigenvalue weighted by Gasteiger charge is -2.02. The van der Waals surface area contributed by atoms with E-state index in [2.05, 4.69) is 14.8 Å². The fourth-order valence-corrected chi connectivity index (χ4v) is 0.693. The molecule has 9 heavy (non-hydrogen) atoms. The van der Waals surface area contributed by atoms with Gasteiger partial charge in [-0.25, -0.2) is 4.79 Å². The highest BCUT2D eigenvalue weighted by Gasteiger charge is 2.23. The molecule has 0 aromatic carbocycles. The Bertz CT molecular complexity index is 115. The Kier molecular flexibility index (Phi) is 1.89. The zero-order valence-corrected chi connectivity index (χ0v) is 5.22. The van der Waals surface area contributed by atoms with E-state index in [-0.39, 0.29) is 6.10 Å². The van der Waals surface area contributed by atoms with Gasteiger partial charge in [0.1, 0.15) is 6.61 Å². The van der Waals surface area contributed by atoms with Crippen LogP contribution in [0.15, 0.2) is 0 Å². The molecule has 4 nitrogen and oxygen atoms in total. The zero-order chi connectivity index (χ0) is 6.69. The van der Waals surface area contributed by atoms with Crippen LogP contribution in [0.4, 0.5) is 4.79 Å². The molecule has 1 saturated heterocycles. The summed E-state index contributed by atoms with van der Waals surface area (Å²) in [5.74, 6) is 0. The monoisotopic (exact) mass is 131 g/mol. The smallest absolute Gasteiger partial charge is 0.430 e. The molecular weight excluding hydrogens is 122 g/mol. The van der Waals surface area contributed by atoms with Crippen molar-refractivity contribution in [2.24, 2.45) is 0 Å². The average molecular weight is 131 g/mol. The summed E-state index contributed by atoms with van der Waals surface area (Å²) in [7, 11) is 1.80. The molecule has 1 rings (SSSR count). The zero-order valence-electron chi connectivity index (χ0n) is 5.22. The van der Waals surface area contributed by atoms with Gasteiger partial charge in [-0.3, -0.25) is 0 Å². The molecule has 1 atom stereocenters. The van der Waals surface area contributed by atoms with Crippen molar-refractivity contribution >= 4 is 6.16 Å². The summed E-state index contributed by atoms with van der Waals surface area (Å²) in [5, 5.41) is 2.87. The Labute approximate surface area is 53.1 Å². The summed E-state index contributed by atoms with van der Waals surface area (Å²) in [5.41, 5.74) is 0. The van der Waals surface area contributed by atoms with Crippen molar-refractivity contribution in [3.8, 4) is 0 Å². The van der Waals surface area contributed by atoms with E-state index in [0.717, 1.165) is 0 Å². The molecule has 0 amide bonds. The molecule has 0 aromatic heterocycles. The molecule has 4 heteroatoms. The van der Waals surface area contributed by atoms with Crippen LogP contribution in [0.25, 0.3) is 0 Å². The summed E-state index contributed by atoms with van der Waals surface area (Å²) in [6.07, 6.45) is -0.655. The van der Waals surface area contributed by atoms with Crippen molar-refractivity contribution in [2.75, 3.05) is 20.2 Å². The van der Waals surface area contributed by atoms with E-state index in [4.69, 9.17) is 0 Å². The third-order valence-corrected chi connectivity index (χ3v) is 1.08. The molecule has 1 N–H and O–H groups in total. The van der Waals surface area contributed by atoms with Gasteiger partial charge in [0.2, 0.25) is 0 Å². The second-order valence-electron chi connectivity index (χ2n) is 1.86. The van der Waals surface area contributed by atoms with Gasteiger partial charge in [0.05, 0.1) is 0 Å². The minimum absolute atomic E-state index is 0.0949. The SMILES string of the molecule is CNCC1COC(=O)O1. The standard InChI is InChI=1S/C5H9NO3/c1-6-2-4-3-8-5(7)9-4/h4,6H,2-3H2,1H3. The highest BCUT2D eigenvalue weighted by molar-refractivity contribution is 5.61. The van der Waals surface area contributed by atoms with E-state index >= 15 is 0 Å². The second kappa shape index (κ2) is 2.68. The molecule has 1 fully saturated rings. The Morgan fingerprint density at radius 2 is 2.67 bits per heavy atom. The van der Waals surface area contributed by atoms with Gasteiger partial charge >= 0.3 is 6.16 Å². The summed E-state index contributed by atoms with van der Waals surface area (Å²) < 4.78 is 9.19. The number of rotatable bonds is 2. The summed E-state index contributed by atoms with van der Waals surface area (Å²) in [4.78, 5) is 10.3. The van der Waals surface area contributed by atoms with Crippen molar-refractivity contribution in [3.05, 3.63) is 0 Å². The fourth-order valence-electron chi connectivity index (χ4n) is 0.693. The topological polar surface area (TPSA) is 47.6 Å². The maximum atomic E-state index is 10.3. The van der Waals surface area contributed by atoms with Gasteiger partial charge in [-0.15, -0.1) is 0 Å². The van der Waals surface area contributed by atoms with Gasteiger partial charge in [-0.05, 0) is 7.05 Å². The lowest BCUT2D eigenvalue weighted by atomic mass is 10.4. The first-order chi connectivity index (χ1) is 4.33. The van der Waals surface area contributed by atoms with Crippen LogP contribution in [-0.2, 0) is 9.47 Å². The predicted molar refractivity (Wildman–Crippen MR) is 30.1 cm³/mol. The molecule has 0 aliphatic carbocycles. The van der Waals surface area contributed by atoms with Crippen molar-refractivity contribution < 1.29 is 14.3 Å². The Morgan fingerprint density at radius 1 is 1.89 bits per heavy atom. The number of carbonyl (C=O) groups excluding carboxylic acids is 1. The molecule has 1 unspecified atom stereocenters. The van der Waals surface area contributed by atoms with Crippen LogP contribution in [0, 0.1) is 0 Å². The van der Waals surface area contributed by atoms with Crippen LogP contribution in [0.3, 0.4) is 0 Å². The number of carbonyl (C=O) groups is 1. The highest BCUT2D eigenvalue weighted by Crippen LogP contribution is 2.03. The lowest BCUT2D eigenvalue weighted by molar-refractivity contribution is 0.118. The van der Waals surface area contributed by atoms with Gasteiger partial charge in [-0.2, -0.15) is 0 Å². The van der Waals surface area contributed by atoms with E-state index < -0.39 is 6.16 Å². The molecule has 0 spiro atoms. The van der Waals surface area contributed by atoms with Crippen LogP contribution >= 0.6 is 0 Å². The number of likely N-dealkylation sites (N-methyl/N-ethyl adjacent to an activating group) is 1. The predicted octanol–water partition coefficient (Wildman–Crippen LogP) is -0.259. The van der Waals surface area contributed by atoms with E-state index in [0.29, 0.717) is 13.2 Å². The van der Waals surface area contributed by atoms with Crippen LogP contribution in [0.2, 0.25) is 0 Å². The summed E-state index contributed by atoms with van der Waals surface area (Å²) in [6.45, 7) is 1.03. The van der Waals surface area contributed by atoms with Gasteiger partial charge < -0.3 is 14.8 Å². The minimum atomic E-state index is -0.560. The summed E-state index contributed by atoms with van der Waals surface area (Å²) in [6, 6.07) is 0. The van der Waals surface area contributed by atoms with Crippen molar-refractivity contribution in [3.63, 3.8) is 0 Å². The van der Waals surface area contributed by atoms with Crippen LogP contribution in [0.1, 0.15) is 0 Å². The number of nitrogens with one attached hydrogen (secondary N) is 1. The van der Waals surface area contributed by atoms with Crippen LogP contribution < -0.4 is 5.32 Å². The fraction of sp³-hybridized carbons (Fsp3) is 0.800. The molecule has 1 aliphatic heterocycles. The summed E-state index contributed by atoms with van der Waals surface area (Å²) >= 11 is 0. The maximum Gasteiger partial charge on any atom is 0.508 e. The molecule has 0 bridgehead atoms. The average Bonchev–Trinajstić information content (AvgIpc) is 2.17. The van der Waals surface area contributed by atoms with Crippen molar-refractivity contribution in [1.29, 1.82) is 0 Å².